The van der Waals surface area contributed by atoms with Gasteiger partial charge in [-0.3, -0.25) is 19.4 Å². The molecule has 36 heavy (non-hydrogen) atoms. The number of para-hydroxylation sites is 2. The molecule has 1 aliphatic rings. The Kier molecular flexibility index (Phi) is 6.46. The van der Waals surface area contributed by atoms with Crippen LogP contribution >= 0.6 is 0 Å². The molecule has 0 bridgehead atoms. The normalized spacial score (nSPS) is 19.6. The number of aryl methyl sites for hydroxylation is 1. The van der Waals surface area contributed by atoms with Crippen LogP contribution in [0.15, 0.2) is 47.5 Å². The van der Waals surface area contributed by atoms with E-state index in [2.05, 4.69) is 41.6 Å². The van der Waals surface area contributed by atoms with Crippen LogP contribution in [0.25, 0.3) is 22.1 Å². The van der Waals surface area contributed by atoms with Crippen molar-refractivity contribution >= 4 is 27.8 Å². The van der Waals surface area contributed by atoms with Gasteiger partial charge in [0.15, 0.2) is 0 Å². The molecular formula is C27H32N8O. The lowest BCUT2D eigenvalue weighted by Crippen LogP contribution is -2.59. The summed E-state index contributed by atoms with van der Waals surface area (Å²) in [6.07, 6.45) is 5.59. The average Bonchev–Trinajstić information content (AvgIpc) is 3.33. The van der Waals surface area contributed by atoms with Gasteiger partial charge < -0.3 is 9.47 Å². The van der Waals surface area contributed by atoms with Gasteiger partial charge in [0.05, 0.1) is 52.4 Å². The van der Waals surface area contributed by atoms with E-state index < -0.39 is 0 Å². The topological polar surface area (TPSA) is 95.9 Å². The molecule has 1 fully saturated rings. The van der Waals surface area contributed by atoms with Gasteiger partial charge in [0, 0.05) is 38.3 Å². The minimum atomic E-state index is -0.0702. The lowest BCUT2D eigenvalue weighted by Gasteiger charge is -2.49. The van der Waals surface area contributed by atoms with Crippen LogP contribution in [0.1, 0.15) is 45.3 Å². The number of nitrogens with zero attached hydrogens (tertiary/aromatic N) is 8. The van der Waals surface area contributed by atoms with Crippen LogP contribution in [0.4, 0.5) is 5.69 Å². The molecule has 0 amide bonds. The molecule has 9 heteroatoms. The number of pyridine rings is 1. The quantitative estimate of drug-likeness (QED) is 0.412. The fourth-order valence-electron chi connectivity index (χ4n) is 5.41. The number of fused-ring (bicyclic) bond motifs is 2. The van der Waals surface area contributed by atoms with E-state index >= 15 is 0 Å². The van der Waals surface area contributed by atoms with Crippen molar-refractivity contribution < 1.29 is 0 Å². The number of aromatic nitrogens is 5. The molecule has 3 aromatic heterocycles. The molecule has 186 valence electrons. The van der Waals surface area contributed by atoms with Crippen LogP contribution in [-0.4, -0.2) is 54.4 Å². The smallest absolute Gasteiger partial charge is 0.252 e. The zero-order valence-electron chi connectivity index (χ0n) is 21.3. The van der Waals surface area contributed by atoms with Crippen molar-refractivity contribution in [1.29, 1.82) is 5.26 Å². The van der Waals surface area contributed by atoms with Crippen molar-refractivity contribution in [2.24, 2.45) is 7.05 Å². The van der Waals surface area contributed by atoms with E-state index in [1.165, 1.54) is 0 Å². The van der Waals surface area contributed by atoms with E-state index in [4.69, 9.17) is 15.3 Å². The van der Waals surface area contributed by atoms with Gasteiger partial charge >= 0.3 is 0 Å². The fraction of sp³-hybridized carbons (Fsp3) is 0.444. The van der Waals surface area contributed by atoms with Gasteiger partial charge in [-0.05, 0) is 31.9 Å². The van der Waals surface area contributed by atoms with Gasteiger partial charge in [0.1, 0.15) is 12.1 Å². The fourth-order valence-corrected chi connectivity index (χ4v) is 5.41. The van der Waals surface area contributed by atoms with Crippen LogP contribution in [-0.2, 0) is 13.6 Å². The van der Waals surface area contributed by atoms with Crippen LogP contribution in [0.3, 0.4) is 0 Å². The molecule has 5 rings (SSSR count). The number of nitriles is 1. The first-order valence-electron chi connectivity index (χ1n) is 12.6. The summed E-state index contributed by atoms with van der Waals surface area (Å²) >= 11 is 0. The van der Waals surface area contributed by atoms with E-state index in [0.29, 0.717) is 0 Å². The Labute approximate surface area is 210 Å². The van der Waals surface area contributed by atoms with E-state index in [1.54, 1.807) is 28.6 Å². The van der Waals surface area contributed by atoms with Crippen LogP contribution in [0, 0.1) is 11.3 Å². The number of piperazine rings is 1. The van der Waals surface area contributed by atoms with E-state index in [0.717, 1.165) is 59.4 Å². The zero-order chi connectivity index (χ0) is 25.4. The maximum atomic E-state index is 12.9. The summed E-state index contributed by atoms with van der Waals surface area (Å²) in [6.45, 7) is 8.39. The maximum Gasteiger partial charge on any atom is 0.252 e. The minimum Gasteiger partial charge on any atom is -0.364 e. The Morgan fingerprint density at radius 1 is 1.14 bits per heavy atom. The number of hydrogen-bond acceptors (Lipinski definition) is 7. The van der Waals surface area contributed by atoms with Gasteiger partial charge in [-0.1, -0.05) is 26.0 Å². The van der Waals surface area contributed by atoms with Crippen molar-refractivity contribution in [1.82, 2.24) is 29.2 Å². The molecule has 3 atom stereocenters. The predicted octanol–water partition coefficient (Wildman–Crippen LogP) is 3.64. The number of hydrogen-bond donors (Lipinski definition) is 0. The molecule has 1 saturated heterocycles. The molecule has 1 aliphatic heterocycles. The molecule has 0 unspecified atom stereocenters. The largest absolute Gasteiger partial charge is 0.364 e. The maximum absolute atomic E-state index is 12.9. The Morgan fingerprint density at radius 2 is 1.89 bits per heavy atom. The van der Waals surface area contributed by atoms with Crippen LogP contribution in [0.2, 0.25) is 0 Å². The van der Waals surface area contributed by atoms with Gasteiger partial charge in [-0.2, -0.15) is 10.4 Å². The van der Waals surface area contributed by atoms with Gasteiger partial charge in [-0.15, -0.1) is 0 Å². The van der Waals surface area contributed by atoms with Crippen LogP contribution in [0.5, 0.6) is 0 Å². The molecule has 0 N–H and O–H groups in total. The molecule has 4 heterocycles. The van der Waals surface area contributed by atoms with Crippen molar-refractivity contribution in [3.05, 3.63) is 58.8 Å². The number of rotatable bonds is 6. The Hall–Kier alpha value is -3.77. The molecule has 9 nitrogen and oxygen atoms in total. The van der Waals surface area contributed by atoms with E-state index in [9.17, 15) is 4.79 Å². The Balaban J connectivity index is 1.51. The molecular weight excluding hydrogens is 452 g/mol. The first kappa shape index (κ1) is 23.9. The number of anilines is 1. The summed E-state index contributed by atoms with van der Waals surface area (Å²) in [5.41, 5.74) is 5.09. The summed E-state index contributed by atoms with van der Waals surface area (Å²) in [5, 5.41) is 13.9. The lowest BCUT2D eigenvalue weighted by molar-refractivity contribution is 0.0991. The summed E-state index contributed by atoms with van der Waals surface area (Å²) < 4.78 is 3.22. The highest BCUT2D eigenvalue weighted by Crippen LogP contribution is 2.34. The molecule has 0 spiro atoms. The SMILES string of the molecule is CC[C@H]1CN([C@H](C)c2cnc3ccccc3n2)[C@H](CC)CN1c1cc(=O)n(C)c2cn(CC#N)nc12. The second kappa shape index (κ2) is 9.70. The molecule has 0 saturated carbocycles. The highest BCUT2D eigenvalue weighted by molar-refractivity contribution is 5.88. The zero-order valence-corrected chi connectivity index (χ0v) is 21.3. The van der Waals surface area contributed by atoms with Crippen molar-refractivity contribution in [2.45, 2.75) is 58.3 Å². The molecule has 0 aliphatic carbocycles. The van der Waals surface area contributed by atoms with Gasteiger partial charge in [0.25, 0.3) is 5.56 Å². The summed E-state index contributed by atoms with van der Waals surface area (Å²) in [4.78, 5) is 27.4. The van der Waals surface area contributed by atoms with Crippen LogP contribution < -0.4 is 10.5 Å². The molecule has 0 radical (unpaired) electrons. The van der Waals surface area contributed by atoms with Gasteiger partial charge in [-0.25, -0.2) is 4.98 Å². The summed E-state index contributed by atoms with van der Waals surface area (Å²) in [6, 6.07) is 12.4. The summed E-state index contributed by atoms with van der Waals surface area (Å²) in [7, 11) is 1.75. The summed E-state index contributed by atoms with van der Waals surface area (Å²) in [5.74, 6) is 0. The molecule has 4 aromatic rings. The van der Waals surface area contributed by atoms with Crippen molar-refractivity contribution in [2.75, 3.05) is 18.0 Å². The second-order valence-corrected chi connectivity index (χ2v) is 9.58. The standard InChI is InChI=1S/C27H32N8O/c1-5-19-16-35(24-13-26(36)32(4)25-17-33(12-11-28)31-27(24)25)20(6-2)15-34(19)18(3)23-14-29-21-9-7-8-10-22(21)30-23/h7-10,13-14,17-20H,5-6,12,15-16H2,1-4H3/t18-,19-,20+/m1/s1. The average molecular weight is 485 g/mol. The first-order chi connectivity index (χ1) is 17.4. The van der Waals surface area contributed by atoms with E-state index in [1.807, 2.05) is 30.5 Å². The third-order valence-electron chi connectivity index (χ3n) is 7.55. The van der Waals surface area contributed by atoms with Gasteiger partial charge in [0.2, 0.25) is 0 Å². The second-order valence-electron chi connectivity index (χ2n) is 9.58. The third kappa shape index (κ3) is 4.11. The predicted molar refractivity (Wildman–Crippen MR) is 141 cm³/mol. The monoisotopic (exact) mass is 484 g/mol. The lowest BCUT2D eigenvalue weighted by atomic mass is 9.98. The first-order valence-corrected chi connectivity index (χ1v) is 12.6. The molecule has 1 aromatic carbocycles. The van der Waals surface area contributed by atoms with E-state index in [-0.39, 0.29) is 30.2 Å². The highest BCUT2D eigenvalue weighted by atomic mass is 16.1. The Bertz CT molecular complexity index is 1500. The Morgan fingerprint density at radius 3 is 2.61 bits per heavy atom. The third-order valence-corrected chi connectivity index (χ3v) is 7.55. The van der Waals surface area contributed by atoms with Crippen molar-refractivity contribution in [3.63, 3.8) is 0 Å². The number of benzene rings is 1. The minimum absolute atomic E-state index is 0.0702. The highest BCUT2D eigenvalue weighted by Gasteiger charge is 2.36. The van der Waals surface area contributed by atoms with Crippen molar-refractivity contribution in [3.8, 4) is 6.07 Å².